The highest BCUT2D eigenvalue weighted by Gasteiger charge is 2.12. The number of nitrogens with zero attached hydrogens (tertiary/aromatic N) is 2. The molecule has 0 bridgehead atoms. The van der Waals surface area contributed by atoms with Crippen LogP contribution in [0.5, 0.6) is 5.75 Å². The van der Waals surface area contributed by atoms with Crippen molar-refractivity contribution in [1.82, 2.24) is 15.3 Å². The number of sulfone groups is 1. The van der Waals surface area contributed by atoms with E-state index in [0.717, 1.165) is 10.9 Å². The van der Waals surface area contributed by atoms with Crippen LogP contribution >= 0.6 is 11.6 Å². The summed E-state index contributed by atoms with van der Waals surface area (Å²) in [5, 5.41) is 6.98. The number of halogens is 2. The maximum absolute atomic E-state index is 13.5. The molecule has 2 N–H and O–H groups in total. The summed E-state index contributed by atoms with van der Waals surface area (Å²) < 4.78 is 48.8. The van der Waals surface area contributed by atoms with E-state index in [2.05, 4.69) is 20.6 Å². The fourth-order valence-electron chi connectivity index (χ4n) is 4.49. The van der Waals surface area contributed by atoms with Crippen molar-refractivity contribution in [2.24, 2.45) is 0 Å². The summed E-state index contributed by atoms with van der Waals surface area (Å²) in [5.74, 6) is 1.29. The molecule has 0 atom stereocenters. The Balaban J connectivity index is 1.25. The Hall–Kier alpha value is -4.74. The lowest BCUT2D eigenvalue weighted by Gasteiger charge is -2.12. The van der Waals surface area contributed by atoms with E-state index in [-0.39, 0.29) is 30.5 Å². The first-order chi connectivity index (χ1) is 21.7. The average molecular weight is 649 g/mol. The van der Waals surface area contributed by atoms with E-state index in [1.165, 1.54) is 30.6 Å². The molecule has 9 nitrogen and oxygen atoms in total. The molecule has 45 heavy (non-hydrogen) atoms. The molecule has 0 aliphatic heterocycles. The lowest BCUT2D eigenvalue weighted by molar-refractivity contribution is -0.116. The van der Waals surface area contributed by atoms with Crippen LogP contribution in [0, 0.1) is 5.82 Å². The monoisotopic (exact) mass is 648 g/mol. The number of carbonyl (C=O) groups is 1. The zero-order valence-corrected chi connectivity index (χ0v) is 25.9. The first kappa shape index (κ1) is 31.7. The van der Waals surface area contributed by atoms with Gasteiger partial charge < -0.3 is 19.8 Å². The smallest absolute Gasteiger partial charge is 0.244 e. The lowest BCUT2D eigenvalue weighted by atomic mass is 10.1. The number of nitrogens with one attached hydrogen (secondary N) is 2. The molecule has 5 rings (SSSR count). The minimum Gasteiger partial charge on any atom is -0.487 e. The first-order valence-corrected chi connectivity index (χ1v) is 16.3. The highest BCUT2D eigenvalue weighted by Crippen LogP contribution is 2.33. The number of aromatic nitrogens is 2. The van der Waals surface area contributed by atoms with Gasteiger partial charge in [-0.05, 0) is 78.7 Å². The lowest BCUT2D eigenvalue weighted by Crippen LogP contribution is -2.28. The van der Waals surface area contributed by atoms with Crippen LogP contribution in [0.4, 0.5) is 15.9 Å². The van der Waals surface area contributed by atoms with E-state index >= 15 is 0 Å². The van der Waals surface area contributed by atoms with Gasteiger partial charge in [-0.1, -0.05) is 30.7 Å². The molecule has 0 saturated heterocycles. The zero-order chi connectivity index (χ0) is 31.8. The van der Waals surface area contributed by atoms with Crippen molar-refractivity contribution >= 4 is 55.8 Å². The number of fused-ring (bicyclic) bond motifs is 1. The molecule has 1 amide bonds. The van der Waals surface area contributed by atoms with Gasteiger partial charge in [0.05, 0.1) is 16.3 Å². The minimum absolute atomic E-state index is 0.0468. The summed E-state index contributed by atoms with van der Waals surface area (Å²) in [4.78, 5) is 20.9. The first-order valence-electron chi connectivity index (χ1n) is 14.1. The largest absolute Gasteiger partial charge is 0.487 e. The normalized spacial score (nSPS) is 11.6. The van der Waals surface area contributed by atoms with E-state index in [1.54, 1.807) is 49.4 Å². The van der Waals surface area contributed by atoms with Gasteiger partial charge in [0.1, 0.15) is 41.8 Å². The number of hydrogen-bond acceptors (Lipinski definition) is 8. The van der Waals surface area contributed by atoms with Crippen LogP contribution in [0.2, 0.25) is 5.02 Å². The molecule has 232 valence electrons. The van der Waals surface area contributed by atoms with Gasteiger partial charge in [0.15, 0.2) is 9.84 Å². The molecule has 2 aromatic heterocycles. The quantitative estimate of drug-likeness (QED) is 0.131. The molecule has 0 fully saturated rings. The van der Waals surface area contributed by atoms with E-state index in [4.69, 9.17) is 20.8 Å². The zero-order valence-electron chi connectivity index (χ0n) is 24.3. The third-order valence-electron chi connectivity index (χ3n) is 6.65. The summed E-state index contributed by atoms with van der Waals surface area (Å²) >= 11 is 6.48. The molecule has 12 heteroatoms. The van der Waals surface area contributed by atoms with Gasteiger partial charge in [-0.3, -0.25) is 4.79 Å². The minimum atomic E-state index is -3.17. The summed E-state index contributed by atoms with van der Waals surface area (Å²) in [7, 11) is -3.17. The Morgan fingerprint density at radius 3 is 2.71 bits per heavy atom. The molecule has 0 spiro atoms. The van der Waals surface area contributed by atoms with Crippen molar-refractivity contribution in [3.05, 3.63) is 107 Å². The molecule has 0 saturated carbocycles. The summed E-state index contributed by atoms with van der Waals surface area (Å²) in [6, 6.07) is 20.6. The molecular weight excluding hydrogens is 619 g/mol. The van der Waals surface area contributed by atoms with Crippen LogP contribution in [0.15, 0.2) is 89.6 Å². The van der Waals surface area contributed by atoms with E-state index in [1.807, 2.05) is 18.2 Å². The molecule has 3 aromatic carbocycles. The van der Waals surface area contributed by atoms with Crippen molar-refractivity contribution in [2.45, 2.75) is 20.0 Å². The second-order valence-electron chi connectivity index (χ2n) is 10.1. The molecule has 0 aliphatic rings. The van der Waals surface area contributed by atoms with Crippen LogP contribution in [0.1, 0.15) is 24.7 Å². The van der Waals surface area contributed by atoms with Gasteiger partial charge >= 0.3 is 0 Å². The van der Waals surface area contributed by atoms with Crippen LogP contribution in [-0.2, 0) is 21.2 Å². The number of rotatable bonds is 13. The Labute approximate surface area is 265 Å². The van der Waals surface area contributed by atoms with E-state index < -0.39 is 15.7 Å². The second kappa shape index (κ2) is 14.4. The number of carbonyl (C=O) groups excluding carboxylic acids is 1. The molecule has 0 radical (unpaired) electrons. The van der Waals surface area contributed by atoms with Gasteiger partial charge in [0.25, 0.3) is 0 Å². The number of benzene rings is 3. The number of ether oxygens (including phenoxy) is 1. The maximum atomic E-state index is 13.5. The SMILES string of the molecule is CCCS(=O)(=O)CCNC(=O)/C=C/c1ccc(-c2ccc3ncnc(Nc4ccc(OCc5cccc(F)c5)c(Cl)c4)c3c2)o1. The molecule has 0 aliphatic carbocycles. The Bertz CT molecular complexity index is 1960. The van der Waals surface area contributed by atoms with Gasteiger partial charge in [-0.15, -0.1) is 0 Å². The molecule has 5 aromatic rings. The van der Waals surface area contributed by atoms with Crippen molar-refractivity contribution in [2.75, 3.05) is 23.4 Å². The van der Waals surface area contributed by atoms with Gasteiger partial charge in [-0.2, -0.15) is 0 Å². The van der Waals surface area contributed by atoms with Crippen LogP contribution < -0.4 is 15.4 Å². The van der Waals surface area contributed by atoms with Crippen LogP contribution in [0.3, 0.4) is 0 Å². The third kappa shape index (κ3) is 8.68. The fraction of sp³-hybridized carbons (Fsp3) is 0.182. The highest BCUT2D eigenvalue weighted by molar-refractivity contribution is 7.91. The van der Waals surface area contributed by atoms with Gasteiger partial charge in [0.2, 0.25) is 5.91 Å². The van der Waals surface area contributed by atoms with Crippen molar-refractivity contribution in [3.63, 3.8) is 0 Å². The second-order valence-corrected chi connectivity index (χ2v) is 12.8. The van der Waals surface area contributed by atoms with Gasteiger partial charge in [0, 0.05) is 35.0 Å². The summed E-state index contributed by atoms with van der Waals surface area (Å²) in [6.45, 7) is 2.02. The van der Waals surface area contributed by atoms with Gasteiger partial charge in [-0.25, -0.2) is 22.8 Å². The Kier molecular flexibility index (Phi) is 10.1. The topological polar surface area (TPSA) is 123 Å². The highest BCUT2D eigenvalue weighted by atomic mass is 35.5. The molecule has 2 heterocycles. The molecule has 0 unspecified atom stereocenters. The van der Waals surface area contributed by atoms with Crippen molar-refractivity contribution in [3.8, 4) is 17.1 Å². The number of amides is 1. The number of furan rings is 1. The number of anilines is 2. The Morgan fingerprint density at radius 2 is 1.91 bits per heavy atom. The van der Waals surface area contributed by atoms with Crippen molar-refractivity contribution in [1.29, 1.82) is 0 Å². The molecular formula is C33H30ClFN4O5S. The third-order valence-corrected chi connectivity index (χ3v) is 8.80. The maximum Gasteiger partial charge on any atom is 0.244 e. The predicted octanol–water partition coefficient (Wildman–Crippen LogP) is 6.96. The van der Waals surface area contributed by atoms with Crippen LogP contribution in [0.25, 0.3) is 28.3 Å². The standard InChI is InChI=1S/C33H30ClFN4O5S/c1-2-15-45(41,42)16-14-36-32(40)13-9-26-8-12-30(44-26)23-6-10-29-27(18-23)33(38-21-37-29)39-25-7-11-31(28(34)19-25)43-20-22-4-3-5-24(35)17-22/h3-13,17-19,21H,2,14-16,20H2,1H3,(H,36,40)(H,37,38,39)/b13-9+. The summed E-state index contributed by atoms with van der Waals surface area (Å²) in [5.41, 5.74) is 2.84. The van der Waals surface area contributed by atoms with E-state index in [0.29, 0.717) is 51.3 Å². The van der Waals surface area contributed by atoms with Crippen LogP contribution in [-0.4, -0.2) is 42.3 Å². The average Bonchev–Trinajstić information content (AvgIpc) is 3.49. The van der Waals surface area contributed by atoms with Crippen molar-refractivity contribution < 1.29 is 26.8 Å². The van der Waals surface area contributed by atoms with E-state index in [9.17, 15) is 17.6 Å². The predicted molar refractivity (Wildman–Crippen MR) is 174 cm³/mol. The number of hydrogen-bond donors (Lipinski definition) is 2. The fourth-order valence-corrected chi connectivity index (χ4v) is 5.96. The summed E-state index contributed by atoms with van der Waals surface area (Å²) in [6.07, 6.45) is 4.82. The Morgan fingerprint density at radius 1 is 1.04 bits per heavy atom.